The number of amides is 1. The molecule has 118 valence electrons. The molecule has 0 saturated carbocycles. The Bertz CT molecular complexity index is 467. The molecule has 0 saturated heterocycles. The summed E-state index contributed by atoms with van der Waals surface area (Å²) in [6.45, 7) is 7.84. The second-order valence-electron chi connectivity index (χ2n) is 5.36. The molecule has 5 heteroatoms. The minimum atomic E-state index is -0.705. The first kappa shape index (κ1) is 17.4. The Morgan fingerprint density at radius 2 is 2.05 bits per heavy atom. The second-order valence-corrected chi connectivity index (χ2v) is 5.36. The summed E-state index contributed by atoms with van der Waals surface area (Å²) < 4.78 is 13.8. The van der Waals surface area contributed by atoms with Crippen LogP contribution in [0.3, 0.4) is 0 Å². The van der Waals surface area contributed by atoms with E-state index in [9.17, 15) is 9.18 Å². The van der Waals surface area contributed by atoms with Gasteiger partial charge in [-0.15, -0.1) is 0 Å². The second kappa shape index (κ2) is 7.98. The van der Waals surface area contributed by atoms with Crippen LogP contribution in [0.5, 0.6) is 0 Å². The maximum Gasteiger partial charge on any atom is 0.237 e. The Balaban J connectivity index is 2.64. The molecule has 0 aromatic heterocycles. The van der Waals surface area contributed by atoms with Gasteiger partial charge in [-0.1, -0.05) is 19.1 Å². The summed E-state index contributed by atoms with van der Waals surface area (Å²) in [4.78, 5) is 13.5. The number of benzene rings is 1. The minimum Gasteiger partial charge on any atom is -0.369 e. The van der Waals surface area contributed by atoms with Crippen LogP contribution in [0.1, 0.15) is 33.6 Å². The molecule has 0 aliphatic rings. The molecule has 0 radical (unpaired) electrons. The van der Waals surface area contributed by atoms with Crippen LogP contribution in [0.15, 0.2) is 24.3 Å². The molecule has 0 bridgehead atoms. The number of hydrogen-bond acceptors (Lipinski definition) is 3. The summed E-state index contributed by atoms with van der Waals surface area (Å²) in [5, 5.41) is 3.13. The van der Waals surface area contributed by atoms with E-state index in [-0.39, 0.29) is 11.7 Å². The van der Waals surface area contributed by atoms with E-state index < -0.39 is 5.54 Å². The predicted molar refractivity (Wildman–Crippen MR) is 84.8 cm³/mol. The largest absolute Gasteiger partial charge is 0.369 e. The number of likely N-dealkylation sites (N-methyl/N-ethyl adjacent to an activating group) is 1. The van der Waals surface area contributed by atoms with Gasteiger partial charge >= 0.3 is 0 Å². The highest BCUT2D eigenvalue weighted by Gasteiger charge is 2.29. The van der Waals surface area contributed by atoms with Crippen molar-refractivity contribution in [3.63, 3.8) is 0 Å². The van der Waals surface area contributed by atoms with Crippen LogP contribution in [0, 0.1) is 5.82 Å². The third-order valence-electron chi connectivity index (χ3n) is 3.79. The zero-order chi connectivity index (χ0) is 15.9. The Morgan fingerprint density at radius 1 is 1.38 bits per heavy atom. The molecule has 0 aliphatic heterocycles. The molecule has 4 nitrogen and oxygen atoms in total. The van der Waals surface area contributed by atoms with Gasteiger partial charge in [0.25, 0.3) is 0 Å². The first-order valence-corrected chi connectivity index (χ1v) is 7.49. The quantitative estimate of drug-likeness (QED) is 0.735. The summed E-state index contributed by atoms with van der Waals surface area (Å²) in [5.74, 6) is -0.568. The molecule has 1 aromatic carbocycles. The van der Waals surface area contributed by atoms with Crippen molar-refractivity contribution in [2.45, 2.75) is 39.2 Å². The zero-order valence-corrected chi connectivity index (χ0v) is 13.2. The number of anilines is 1. The van der Waals surface area contributed by atoms with Crippen molar-refractivity contribution in [2.75, 3.05) is 24.5 Å². The molecule has 3 N–H and O–H groups in total. The fourth-order valence-corrected chi connectivity index (χ4v) is 2.47. The van der Waals surface area contributed by atoms with Crippen molar-refractivity contribution >= 4 is 11.6 Å². The summed E-state index contributed by atoms with van der Waals surface area (Å²) in [7, 11) is 0. The van der Waals surface area contributed by atoms with Gasteiger partial charge in [-0.05, 0) is 45.4 Å². The SMILES string of the molecule is CCNC(C)(CCCN(CC)c1ccccc1F)C(N)=O. The molecular weight excluding hydrogens is 269 g/mol. The maximum atomic E-state index is 13.8. The lowest BCUT2D eigenvalue weighted by atomic mass is 9.94. The highest BCUT2D eigenvalue weighted by Crippen LogP contribution is 2.20. The Morgan fingerprint density at radius 3 is 2.57 bits per heavy atom. The number of halogens is 1. The lowest BCUT2D eigenvalue weighted by Crippen LogP contribution is -2.53. The van der Waals surface area contributed by atoms with Crippen molar-refractivity contribution in [3.05, 3.63) is 30.1 Å². The number of nitrogens with zero attached hydrogens (tertiary/aromatic N) is 1. The summed E-state index contributed by atoms with van der Waals surface area (Å²) in [6.07, 6.45) is 1.38. The van der Waals surface area contributed by atoms with E-state index in [0.717, 1.165) is 13.0 Å². The van der Waals surface area contributed by atoms with Crippen molar-refractivity contribution in [1.29, 1.82) is 0 Å². The van der Waals surface area contributed by atoms with Gasteiger partial charge in [0.15, 0.2) is 0 Å². The van der Waals surface area contributed by atoms with Crippen LogP contribution in [0.4, 0.5) is 10.1 Å². The van der Waals surface area contributed by atoms with Crippen LogP contribution in [0.2, 0.25) is 0 Å². The van der Waals surface area contributed by atoms with Gasteiger partial charge in [-0.3, -0.25) is 4.79 Å². The van der Waals surface area contributed by atoms with Crippen molar-refractivity contribution in [2.24, 2.45) is 5.73 Å². The molecule has 21 heavy (non-hydrogen) atoms. The number of carbonyl (C=O) groups excluding carboxylic acids is 1. The molecule has 1 unspecified atom stereocenters. The van der Waals surface area contributed by atoms with Gasteiger partial charge in [0.2, 0.25) is 5.91 Å². The summed E-state index contributed by atoms with van der Waals surface area (Å²) in [6, 6.07) is 6.75. The number of para-hydroxylation sites is 1. The number of carbonyl (C=O) groups is 1. The number of rotatable bonds is 9. The normalized spacial score (nSPS) is 13.7. The van der Waals surface area contributed by atoms with Gasteiger partial charge in [-0.25, -0.2) is 4.39 Å². The van der Waals surface area contributed by atoms with Gasteiger partial charge in [0.1, 0.15) is 5.82 Å². The van der Waals surface area contributed by atoms with Gasteiger partial charge in [-0.2, -0.15) is 0 Å². The lowest BCUT2D eigenvalue weighted by Gasteiger charge is -2.29. The van der Waals surface area contributed by atoms with Gasteiger partial charge in [0, 0.05) is 13.1 Å². The lowest BCUT2D eigenvalue weighted by molar-refractivity contribution is -0.124. The van der Waals surface area contributed by atoms with Crippen LogP contribution in [0.25, 0.3) is 0 Å². The summed E-state index contributed by atoms with van der Waals surface area (Å²) in [5.41, 5.74) is 5.36. The standard InChI is InChI=1S/C16H26FN3O/c1-4-19-16(3,15(18)21)11-8-12-20(5-2)14-10-7-6-9-13(14)17/h6-7,9-10,19H,4-5,8,11-12H2,1-3H3,(H2,18,21). The highest BCUT2D eigenvalue weighted by atomic mass is 19.1. The molecule has 1 rings (SSSR count). The number of nitrogens with one attached hydrogen (secondary N) is 1. The zero-order valence-electron chi connectivity index (χ0n) is 13.2. The molecule has 1 aromatic rings. The van der Waals surface area contributed by atoms with E-state index in [4.69, 9.17) is 5.73 Å². The Kier molecular flexibility index (Phi) is 6.62. The first-order valence-electron chi connectivity index (χ1n) is 7.49. The predicted octanol–water partition coefficient (Wildman–Crippen LogP) is 2.29. The Hall–Kier alpha value is -1.62. The van der Waals surface area contributed by atoms with Crippen LogP contribution in [-0.2, 0) is 4.79 Å². The maximum absolute atomic E-state index is 13.8. The fraction of sp³-hybridized carbons (Fsp3) is 0.562. The average molecular weight is 295 g/mol. The monoisotopic (exact) mass is 295 g/mol. The molecule has 0 aliphatic carbocycles. The highest BCUT2D eigenvalue weighted by molar-refractivity contribution is 5.84. The van der Waals surface area contributed by atoms with Crippen LogP contribution >= 0.6 is 0 Å². The number of nitrogens with two attached hydrogens (primary N) is 1. The Labute approximate surface area is 126 Å². The third kappa shape index (κ3) is 4.70. The van der Waals surface area contributed by atoms with Crippen molar-refractivity contribution in [1.82, 2.24) is 5.32 Å². The van der Waals surface area contributed by atoms with Crippen LogP contribution < -0.4 is 16.0 Å². The smallest absolute Gasteiger partial charge is 0.237 e. The molecule has 0 heterocycles. The molecule has 0 fully saturated rings. The number of primary amides is 1. The molecule has 0 spiro atoms. The topological polar surface area (TPSA) is 58.4 Å². The average Bonchev–Trinajstić information content (AvgIpc) is 2.45. The minimum absolute atomic E-state index is 0.219. The molecule has 1 amide bonds. The molecular formula is C16H26FN3O. The summed E-state index contributed by atoms with van der Waals surface area (Å²) >= 11 is 0. The van der Waals surface area contributed by atoms with Crippen molar-refractivity contribution < 1.29 is 9.18 Å². The van der Waals surface area contributed by atoms with Gasteiger partial charge in [0.05, 0.1) is 11.2 Å². The fourth-order valence-electron chi connectivity index (χ4n) is 2.47. The number of hydrogen-bond donors (Lipinski definition) is 2. The van der Waals surface area contributed by atoms with Gasteiger partial charge < -0.3 is 16.0 Å². The first-order chi connectivity index (χ1) is 9.94. The van der Waals surface area contributed by atoms with E-state index in [1.54, 1.807) is 12.1 Å². The van der Waals surface area contributed by atoms with E-state index in [2.05, 4.69) is 5.32 Å². The van der Waals surface area contributed by atoms with Crippen molar-refractivity contribution in [3.8, 4) is 0 Å². The van der Waals surface area contributed by atoms with E-state index >= 15 is 0 Å². The van der Waals surface area contributed by atoms with E-state index in [1.165, 1.54) is 6.07 Å². The van der Waals surface area contributed by atoms with E-state index in [0.29, 0.717) is 25.2 Å². The molecule has 1 atom stereocenters. The third-order valence-corrected chi connectivity index (χ3v) is 3.79. The van der Waals surface area contributed by atoms with E-state index in [1.807, 2.05) is 31.7 Å². The van der Waals surface area contributed by atoms with Crippen LogP contribution in [-0.4, -0.2) is 31.1 Å².